The zero-order chi connectivity index (χ0) is 15.0. The average Bonchev–Trinajstić information content (AvgIpc) is 2.90. The van der Waals surface area contributed by atoms with Gasteiger partial charge < -0.3 is 14.6 Å². The van der Waals surface area contributed by atoms with Crippen molar-refractivity contribution < 1.29 is 14.6 Å². The Labute approximate surface area is 123 Å². The van der Waals surface area contributed by atoms with E-state index >= 15 is 0 Å². The van der Waals surface area contributed by atoms with Crippen molar-refractivity contribution >= 4 is 0 Å². The van der Waals surface area contributed by atoms with Crippen molar-refractivity contribution in [3.8, 4) is 17.4 Å². The molecule has 5 nitrogen and oxygen atoms in total. The number of ether oxygens (including phenoxy) is 2. The molecular formula is C16H18N2O3. The van der Waals surface area contributed by atoms with Crippen molar-refractivity contribution in [2.75, 3.05) is 14.2 Å². The molecule has 2 aromatic rings. The molecule has 0 aliphatic heterocycles. The summed E-state index contributed by atoms with van der Waals surface area (Å²) in [7, 11) is 3.28. The first kappa shape index (κ1) is 13.7. The van der Waals surface area contributed by atoms with Crippen LogP contribution in [0.1, 0.15) is 35.0 Å². The van der Waals surface area contributed by atoms with Crippen molar-refractivity contribution in [3.05, 3.63) is 40.8 Å². The van der Waals surface area contributed by atoms with E-state index in [1.807, 2.05) is 18.2 Å². The van der Waals surface area contributed by atoms with E-state index in [2.05, 4.69) is 9.97 Å². The van der Waals surface area contributed by atoms with Gasteiger partial charge in [0.15, 0.2) is 0 Å². The highest BCUT2D eigenvalue weighted by Gasteiger charge is 2.31. The van der Waals surface area contributed by atoms with E-state index in [0.29, 0.717) is 5.82 Å². The van der Waals surface area contributed by atoms with Crippen LogP contribution in [0.25, 0.3) is 0 Å². The van der Waals surface area contributed by atoms with Gasteiger partial charge >= 0.3 is 0 Å². The summed E-state index contributed by atoms with van der Waals surface area (Å²) in [5.74, 6) is 2.35. The summed E-state index contributed by atoms with van der Waals surface area (Å²) in [4.78, 5) is 8.57. The highest BCUT2D eigenvalue weighted by atomic mass is 16.5. The van der Waals surface area contributed by atoms with Crippen LogP contribution in [0.4, 0.5) is 0 Å². The maximum atomic E-state index is 9.98. The number of benzene rings is 1. The van der Waals surface area contributed by atoms with Gasteiger partial charge in [-0.2, -0.15) is 4.98 Å². The number of fused-ring (bicyclic) bond motifs is 1. The fourth-order valence-electron chi connectivity index (χ4n) is 2.96. The first-order valence-electron chi connectivity index (χ1n) is 6.92. The minimum absolute atomic E-state index is 0.104. The number of hydrogen-bond donors (Lipinski definition) is 1. The molecule has 5 heteroatoms. The highest BCUT2D eigenvalue weighted by molar-refractivity contribution is 5.49. The van der Waals surface area contributed by atoms with Crippen molar-refractivity contribution in [2.45, 2.75) is 25.7 Å². The lowest BCUT2D eigenvalue weighted by Crippen LogP contribution is -2.04. The Morgan fingerprint density at radius 1 is 1.19 bits per heavy atom. The van der Waals surface area contributed by atoms with Gasteiger partial charge in [0.25, 0.3) is 0 Å². The molecule has 0 saturated carbocycles. The molecule has 21 heavy (non-hydrogen) atoms. The Morgan fingerprint density at radius 3 is 2.71 bits per heavy atom. The molecule has 3 rings (SSSR count). The average molecular weight is 286 g/mol. The van der Waals surface area contributed by atoms with Gasteiger partial charge in [-0.05, 0) is 25.8 Å². The molecule has 1 N–H and O–H groups in total. The summed E-state index contributed by atoms with van der Waals surface area (Å²) in [6.07, 6.45) is 1.67. The molecule has 1 atom stereocenters. The number of aryl methyl sites for hydroxylation is 1. The van der Waals surface area contributed by atoms with Crippen LogP contribution >= 0.6 is 0 Å². The van der Waals surface area contributed by atoms with Crippen molar-refractivity contribution in [3.63, 3.8) is 0 Å². The zero-order valence-electron chi connectivity index (χ0n) is 12.4. The SMILES string of the molecule is COc1ccc(C2CCc3c(O)nc(C)nc32)c(OC)c1. The van der Waals surface area contributed by atoms with Crippen LogP contribution < -0.4 is 9.47 Å². The topological polar surface area (TPSA) is 64.5 Å². The smallest absolute Gasteiger partial charge is 0.217 e. The molecule has 0 radical (unpaired) electrons. The summed E-state index contributed by atoms with van der Waals surface area (Å²) < 4.78 is 10.7. The number of hydrogen-bond acceptors (Lipinski definition) is 5. The molecule has 1 aromatic heterocycles. The van der Waals surface area contributed by atoms with E-state index in [1.165, 1.54) is 0 Å². The molecule has 1 heterocycles. The molecule has 0 fully saturated rings. The van der Waals surface area contributed by atoms with Crippen LogP contribution in [-0.4, -0.2) is 29.3 Å². The van der Waals surface area contributed by atoms with Crippen LogP contribution in [0.15, 0.2) is 18.2 Å². The Balaban J connectivity index is 2.09. The highest BCUT2D eigenvalue weighted by Crippen LogP contribution is 2.43. The van der Waals surface area contributed by atoms with E-state index in [4.69, 9.17) is 9.47 Å². The van der Waals surface area contributed by atoms with Gasteiger partial charge in [-0.1, -0.05) is 6.07 Å². The Bertz CT molecular complexity index is 685. The predicted octanol–water partition coefficient (Wildman–Crippen LogP) is 2.59. The monoisotopic (exact) mass is 286 g/mol. The third kappa shape index (κ3) is 2.28. The fraction of sp³-hybridized carbons (Fsp3) is 0.375. The number of methoxy groups -OCH3 is 2. The van der Waals surface area contributed by atoms with E-state index in [0.717, 1.165) is 41.2 Å². The fourth-order valence-corrected chi connectivity index (χ4v) is 2.96. The first-order valence-corrected chi connectivity index (χ1v) is 6.92. The van der Waals surface area contributed by atoms with E-state index < -0.39 is 0 Å². The summed E-state index contributed by atoms with van der Waals surface area (Å²) in [6.45, 7) is 1.79. The molecule has 1 aromatic carbocycles. The molecule has 110 valence electrons. The Hall–Kier alpha value is -2.30. The maximum absolute atomic E-state index is 9.98. The van der Waals surface area contributed by atoms with Crippen molar-refractivity contribution in [2.24, 2.45) is 0 Å². The molecule has 0 spiro atoms. The van der Waals surface area contributed by atoms with E-state index in [1.54, 1.807) is 21.1 Å². The van der Waals surface area contributed by atoms with Gasteiger partial charge in [0.1, 0.15) is 17.3 Å². The van der Waals surface area contributed by atoms with Gasteiger partial charge in [0.05, 0.1) is 19.9 Å². The van der Waals surface area contributed by atoms with E-state index in [9.17, 15) is 5.11 Å². The van der Waals surface area contributed by atoms with Crippen LogP contribution in [0.3, 0.4) is 0 Å². The van der Waals surface area contributed by atoms with Crippen molar-refractivity contribution in [1.29, 1.82) is 0 Å². The third-order valence-corrected chi connectivity index (χ3v) is 3.96. The lowest BCUT2D eigenvalue weighted by molar-refractivity contribution is 0.389. The molecule has 0 amide bonds. The van der Waals surface area contributed by atoms with Gasteiger partial charge in [0, 0.05) is 23.1 Å². The summed E-state index contributed by atoms with van der Waals surface area (Å²) in [5.41, 5.74) is 2.82. The lowest BCUT2D eigenvalue weighted by atomic mass is 9.95. The number of nitrogens with zero attached hydrogens (tertiary/aromatic N) is 2. The largest absolute Gasteiger partial charge is 0.497 e. The summed E-state index contributed by atoms with van der Waals surface area (Å²) in [5, 5.41) is 9.98. The zero-order valence-corrected chi connectivity index (χ0v) is 12.4. The van der Waals surface area contributed by atoms with Crippen LogP contribution in [0, 0.1) is 6.92 Å². The lowest BCUT2D eigenvalue weighted by Gasteiger charge is -2.16. The number of aromatic nitrogens is 2. The number of rotatable bonds is 3. The molecule has 0 bridgehead atoms. The van der Waals surface area contributed by atoms with Gasteiger partial charge in [0.2, 0.25) is 5.88 Å². The quantitative estimate of drug-likeness (QED) is 0.939. The van der Waals surface area contributed by atoms with Gasteiger partial charge in [-0.15, -0.1) is 0 Å². The van der Waals surface area contributed by atoms with Gasteiger partial charge in [-0.25, -0.2) is 4.98 Å². The minimum Gasteiger partial charge on any atom is -0.497 e. The molecule has 1 aliphatic carbocycles. The van der Waals surface area contributed by atoms with Crippen LogP contribution in [0.2, 0.25) is 0 Å². The summed E-state index contributed by atoms with van der Waals surface area (Å²) >= 11 is 0. The third-order valence-electron chi connectivity index (χ3n) is 3.96. The second-order valence-corrected chi connectivity index (χ2v) is 5.16. The Morgan fingerprint density at radius 2 is 2.00 bits per heavy atom. The van der Waals surface area contributed by atoms with Gasteiger partial charge in [-0.3, -0.25) is 0 Å². The van der Waals surface area contributed by atoms with E-state index in [-0.39, 0.29) is 11.8 Å². The van der Waals surface area contributed by atoms with Crippen molar-refractivity contribution in [1.82, 2.24) is 9.97 Å². The molecule has 1 aliphatic rings. The Kier molecular flexibility index (Phi) is 3.41. The number of aromatic hydroxyl groups is 1. The summed E-state index contributed by atoms with van der Waals surface area (Å²) in [6, 6.07) is 5.80. The van der Waals surface area contributed by atoms with Crippen LogP contribution in [0.5, 0.6) is 17.4 Å². The normalized spacial score (nSPS) is 16.6. The first-order chi connectivity index (χ1) is 10.1. The molecule has 0 saturated heterocycles. The molecule has 1 unspecified atom stereocenters. The van der Waals surface area contributed by atoms with Crippen LogP contribution in [-0.2, 0) is 6.42 Å². The minimum atomic E-state index is 0.104. The second kappa shape index (κ2) is 5.24. The standard InChI is InChI=1S/C16H18N2O3/c1-9-17-15-12(6-7-13(15)16(19)18-9)11-5-4-10(20-2)8-14(11)21-3/h4-5,8,12H,6-7H2,1-3H3,(H,17,18,19). The maximum Gasteiger partial charge on any atom is 0.217 e. The molecular weight excluding hydrogens is 268 g/mol. The second-order valence-electron chi connectivity index (χ2n) is 5.16. The predicted molar refractivity (Wildman–Crippen MR) is 78.1 cm³/mol.